The molecule has 0 fully saturated rings. The standard InChI is InChI=1S/C14H22O4/c1-5-7-8-9-10-14(3,16)12(17-4)11-13(15)18-6-2/h7-11,16H,5-6H2,1-4H3/b8-7+,10-9+,12-11-/t14-/m1/s1. The Morgan fingerprint density at radius 3 is 2.50 bits per heavy atom. The van der Waals surface area contributed by atoms with E-state index in [0.717, 1.165) is 12.5 Å². The van der Waals surface area contributed by atoms with Crippen LogP contribution in [0.1, 0.15) is 27.2 Å². The molecule has 0 spiro atoms. The normalized spacial score (nSPS) is 15.9. The Hall–Kier alpha value is -1.55. The fourth-order valence-electron chi connectivity index (χ4n) is 1.24. The van der Waals surface area contributed by atoms with Gasteiger partial charge in [-0.05, 0) is 26.3 Å². The lowest BCUT2D eigenvalue weighted by atomic mass is 10.0. The van der Waals surface area contributed by atoms with Gasteiger partial charge >= 0.3 is 5.97 Å². The molecule has 4 nitrogen and oxygen atoms in total. The van der Waals surface area contributed by atoms with Gasteiger partial charge in [0.2, 0.25) is 0 Å². The fourth-order valence-corrected chi connectivity index (χ4v) is 1.24. The zero-order chi connectivity index (χ0) is 14.0. The van der Waals surface area contributed by atoms with E-state index < -0.39 is 11.6 Å². The Morgan fingerprint density at radius 1 is 1.33 bits per heavy atom. The van der Waals surface area contributed by atoms with Crippen LogP contribution in [-0.2, 0) is 14.3 Å². The molecule has 102 valence electrons. The molecule has 0 aliphatic carbocycles. The van der Waals surface area contributed by atoms with Gasteiger partial charge in [0.05, 0.1) is 19.8 Å². The number of carbonyl (C=O) groups excluding carboxylic acids is 1. The number of hydrogen-bond donors (Lipinski definition) is 1. The Kier molecular flexibility index (Phi) is 7.79. The highest BCUT2D eigenvalue weighted by Gasteiger charge is 2.24. The SMILES string of the molecule is CC/C=C/C=C/[C@@](C)(O)/C(=C/C(=O)OCC)OC. The zero-order valence-electron chi connectivity index (χ0n) is 11.5. The lowest BCUT2D eigenvalue weighted by molar-refractivity contribution is -0.137. The number of methoxy groups -OCH3 is 1. The first-order chi connectivity index (χ1) is 8.47. The number of carbonyl (C=O) groups is 1. The second kappa shape index (κ2) is 8.53. The molecule has 0 amide bonds. The van der Waals surface area contributed by atoms with Crippen molar-refractivity contribution < 1.29 is 19.4 Å². The molecule has 0 saturated carbocycles. The van der Waals surface area contributed by atoms with Crippen LogP contribution < -0.4 is 0 Å². The molecule has 0 aliphatic heterocycles. The molecule has 0 aliphatic rings. The molecule has 0 bridgehead atoms. The summed E-state index contributed by atoms with van der Waals surface area (Å²) in [5.74, 6) is -0.394. The van der Waals surface area contributed by atoms with Gasteiger partial charge < -0.3 is 14.6 Å². The summed E-state index contributed by atoms with van der Waals surface area (Å²) < 4.78 is 9.79. The van der Waals surface area contributed by atoms with E-state index in [0.29, 0.717) is 0 Å². The minimum atomic E-state index is -1.35. The van der Waals surface area contributed by atoms with Crippen LogP contribution in [0.15, 0.2) is 36.1 Å². The first-order valence-corrected chi connectivity index (χ1v) is 5.97. The van der Waals surface area contributed by atoms with Crippen molar-refractivity contribution in [2.75, 3.05) is 13.7 Å². The van der Waals surface area contributed by atoms with Crippen molar-refractivity contribution >= 4 is 5.97 Å². The maximum Gasteiger partial charge on any atom is 0.334 e. The lowest BCUT2D eigenvalue weighted by Crippen LogP contribution is -2.26. The molecule has 1 atom stereocenters. The summed E-state index contributed by atoms with van der Waals surface area (Å²) in [6.45, 7) is 5.55. The molecule has 18 heavy (non-hydrogen) atoms. The van der Waals surface area contributed by atoms with E-state index in [1.54, 1.807) is 19.1 Å². The third kappa shape index (κ3) is 6.25. The van der Waals surface area contributed by atoms with Crippen molar-refractivity contribution in [2.24, 2.45) is 0 Å². The van der Waals surface area contributed by atoms with Gasteiger partial charge in [-0.25, -0.2) is 4.79 Å². The molecule has 0 unspecified atom stereocenters. The van der Waals surface area contributed by atoms with Crippen molar-refractivity contribution in [3.8, 4) is 0 Å². The largest absolute Gasteiger partial charge is 0.497 e. The average molecular weight is 254 g/mol. The summed E-state index contributed by atoms with van der Waals surface area (Å²) in [5.41, 5.74) is -1.35. The third-order valence-electron chi connectivity index (χ3n) is 2.16. The van der Waals surface area contributed by atoms with E-state index in [1.807, 2.05) is 19.1 Å². The van der Waals surface area contributed by atoms with Crippen LogP contribution in [0.3, 0.4) is 0 Å². The van der Waals surface area contributed by atoms with E-state index in [9.17, 15) is 9.90 Å². The Labute approximate surface area is 109 Å². The molecular weight excluding hydrogens is 232 g/mol. The fraction of sp³-hybridized carbons (Fsp3) is 0.500. The summed E-state index contributed by atoms with van der Waals surface area (Å²) in [6.07, 6.45) is 9.11. The molecule has 0 aromatic rings. The minimum absolute atomic E-state index is 0.141. The number of allylic oxidation sites excluding steroid dienone is 3. The van der Waals surface area contributed by atoms with Gasteiger partial charge in [0.25, 0.3) is 0 Å². The van der Waals surface area contributed by atoms with Gasteiger partial charge in [-0.15, -0.1) is 0 Å². The van der Waals surface area contributed by atoms with Gasteiger partial charge in [-0.1, -0.05) is 25.2 Å². The monoisotopic (exact) mass is 254 g/mol. The van der Waals surface area contributed by atoms with Crippen LogP contribution in [0.5, 0.6) is 0 Å². The maximum atomic E-state index is 11.3. The van der Waals surface area contributed by atoms with E-state index in [4.69, 9.17) is 9.47 Å². The zero-order valence-corrected chi connectivity index (χ0v) is 11.5. The van der Waals surface area contributed by atoms with Gasteiger partial charge in [-0.3, -0.25) is 0 Å². The quantitative estimate of drug-likeness (QED) is 0.328. The van der Waals surface area contributed by atoms with E-state index in [1.165, 1.54) is 14.0 Å². The predicted molar refractivity (Wildman–Crippen MR) is 70.9 cm³/mol. The van der Waals surface area contributed by atoms with Crippen LogP contribution in [0.25, 0.3) is 0 Å². The molecule has 0 rings (SSSR count). The second-order valence-corrected chi connectivity index (χ2v) is 3.81. The molecule has 1 N–H and O–H groups in total. The summed E-state index contributed by atoms with van der Waals surface area (Å²) in [5, 5.41) is 10.2. The van der Waals surface area contributed by atoms with Crippen LogP contribution >= 0.6 is 0 Å². The molecule has 0 aromatic heterocycles. The second-order valence-electron chi connectivity index (χ2n) is 3.81. The number of aliphatic hydroxyl groups is 1. The molecular formula is C14H22O4. The van der Waals surface area contributed by atoms with Crippen molar-refractivity contribution in [2.45, 2.75) is 32.8 Å². The smallest absolute Gasteiger partial charge is 0.334 e. The van der Waals surface area contributed by atoms with Crippen LogP contribution in [0, 0.1) is 0 Å². The number of esters is 1. The Balaban J connectivity index is 4.85. The summed E-state index contributed by atoms with van der Waals surface area (Å²) in [4.78, 5) is 11.3. The number of rotatable bonds is 7. The van der Waals surface area contributed by atoms with Gasteiger partial charge in [0.1, 0.15) is 11.4 Å². The van der Waals surface area contributed by atoms with Crippen molar-refractivity contribution in [1.82, 2.24) is 0 Å². The van der Waals surface area contributed by atoms with Gasteiger partial charge in [-0.2, -0.15) is 0 Å². The number of ether oxygens (including phenoxy) is 2. The van der Waals surface area contributed by atoms with E-state index in [-0.39, 0.29) is 12.4 Å². The van der Waals surface area contributed by atoms with Crippen LogP contribution in [0.4, 0.5) is 0 Å². The van der Waals surface area contributed by atoms with E-state index >= 15 is 0 Å². The molecule has 0 saturated heterocycles. The topological polar surface area (TPSA) is 55.8 Å². The lowest BCUT2D eigenvalue weighted by Gasteiger charge is -2.21. The molecule has 0 heterocycles. The highest BCUT2D eigenvalue weighted by Crippen LogP contribution is 2.19. The molecule has 0 radical (unpaired) electrons. The minimum Gasteiger partial charge on any atom is -0.497 e. The summed E-state index contributed by atoms with van der Waals surface area (Å²) >= 11 is 0. The summed E-state index contributed by atoms with van der Waals surface area (Å²) in [6, 6.07) is 0. The Bertz CT molecular complexity index is 338. The Morgan fingerprint density at radius 2 is 2.00 bits per heavy atom. The highest BCUT2D eigenvalue weighted by atomic mass is 16.5. The average Bonchev–Trinajstić information content (AvgIpc) is 2.32. The number of hydrogen-bond acceptors (Lipinski definition) is 4. The first kappa shape index (κ1) is 16.4. The third-order valence-corrected chi connectivity index (χ3v) is 2.16. The molecule has 4 heteroatoms. The summed E-state index contributed by atoms with van der Waals surface area (Å²) in [7, 11) is 1.40. The van der Waals surface area contributed by atoms with Crippen molar-refractivity contribution in [3.63, 3.8) is 0 Å². The van der Waals surface area contributed by atoms with Gasteiger partial charge in [0, 0.05) is 0 Å². The molecule has 0 aromatic carbocycles. The highest BCUT2D eigenvalue weighted by molar-refractivity contribution is 5.82. The predicted octanol–water partition coefficient (Wildman–Crippen LogP) is 2.35. The van der Waals surface area contributed by atoms with Crippen molar-refractivity contribution in [1.29, 1.82) is 0 Å². The van der Waals surface area contributed by atoms with Crippen LogP contribution in [-0.4, -0.2) is 30.4 Å². The first-order valence-electron chi connectivity index (χ1n) is 5.97. The van der Waals surface area contributed by atoms with Crippen LogP contribution in [0.2, 0.25) is 0 Å². The maximum absolute atomic E-state index is 11.3. The van der Waals surface area contributed by atoms with Crippen molar-refractivity contribution in [3.05, 3.63) is 36.1 Å². The van der Waals surface area contributed by atoms with E-state index in [2.05, 4.69) is 0 Å². The van der Waals surface area contributed by atoms with Gasteiger partial charge in [0.15, 0.2) is 0 Å².